The van der Waals surface area contributed by atoms with Crippen molar-refractivity contribution in [3.8, 4) is 5.75 Å². The third-order valence-corrected chi connectivity index (χ3v) is 5.17. The summed E-state index contributed by atoms with van der Waals surface area (Å²) in [4.78, 5) is 27.5. The van der Waals surface area contributed by atoms with Crippen molar-refractivity contribution in [1.29, 1.82) is 0 Å². The SMILES string of the molecule is COc1cc(N2CCCCC2)ccc1/C=C1/SC(=O)N(C)C1=O. The molecule has 1 aromatic carbocycles. The van der Waals surface area contributed by atoms with E-state index < -0.39 is 0 Å². The molecule has 0 aromatic heterocycles. The molecule has 6 heteroatoms. The van der Waals surface area contributed by atoms with Crippen LogP contribution in [0.3, 0.4) is 0 Å². The Morgan fingerprint density at radius 1 is 1.17 bits per heavy atom. The van der Waals surface area contributed by atoms with Crippen LogP contribution in [0, 0.1) is 0 Å². The molecular formula is C17H20N2O3S. The molecule has 122 valence electrons. The Kier molecular flexibility index (Phi) is 4.61. The highest BCUT2D eigenvalue weighted by atomic mass is 32.2. The average Bonchev–Trinajstić information content (AvgIpc) is 2.83. The Balaban J connectivity index is 1.88. The maximum Gasteiger partial charge on any atom is 0.293 e. The van der Waals surface area contributed by atoms with Gasteiger partial charge < -0.3 is 9.64 Å². The van der Waals surface area contributed by atoms with E-state index in [9.17, 15) is 9.59 Å². The van der Waals surface area contributed by atoms with Crippen LogP contribution in [0.2, 0.25) is 0 Å². The van der Waals surface area contributed by atoms with Crippen molar-refractivity contribution >= 4 is 34.7 Å². The quantitative estimate of drug-likeness (QED) is 0.795. The fraction of sp³-hybridized carbons (Fsp3) is 0.412. The zero-order valence-corrected chi connectivity index (χ0v) is 14.2. The van der Waals surface area contributed by atoms with Crippen LogP contribution in [0.25, 0.3) is 6.08 Å². The molecule has 2 fully saturated rings. The number of anilines is 1. The van der Waals surface area contributed by atoms with E-state index in [0.717, 1.165) is 46.8 Å². The molecule has 0 aliphatic carbocycles. The van der Waals surface area contributed by atoms with Gasteiger partial charge in [-0.05, 0) is 49.2 Å². The van der Waals surface area contributed by atoms with Crippen LogP contribution in [0.5, 0.6) is 5.75 Å². The number of rotatable bonds is 3. The largest absolute Gasteiger partial charge is 0.496 e. The predicted molar refractivity (Wildman–Crippen MR) is 92.8 cm³/mol. The molecule has 2 aliphatic heterocycles. The maximum absolute atomic E-state index is 12.0. The number of hydrogen-bond donors (Lipinski definition) is 0. The van der Waals surface area contributed by atoms with E-state index in [4.69, 9.17) is 4.74 Å². The molecule has 0 radical (unpaired) electrons. The zero-order valence-electron chi connectivity index (χ0n) is 13.4. The molecule has 3 rings (SSSR count). The van der Waals surface area contributed by atoms with Gasteiger partial charge in [0.2, 0.25) is 0 Å². The van der Waals surface area contributed by atoms with E-state index in [2.05, 4.69) is 11.0 Å². The Morgan fingerprint density at radius 2 is 1.91 bits per heavy atom. The number of thioether (sulfide) groups is 1. The molecule has 23 heavy (non-hydrogen) atoms. The van der Waals surface area contributed by atoms with E-state index in [0.29, 0.717) is 4.91 Å². The van der Waals surface area contributed by atoms with Gasteiger partial charge in [-0.1, -0.05) is 0 Å². The number of hydrogen-bond acceptors (Lipinski definition) is 5. The maximum atomic E-state index is 12.0. The molecule has 1 aromatic rings. The van der Waals surface area contributed by atoms with Gasteiger partial charge in [-0.25, -0.2) is 0 Å². The minimum Gasteiger partial charge on any atom is -0.496 e. The molecule has 0 spiro atoms. The Hall–Kier alpha value is -1.95. The lowest BCUT2D eigenvalue weighted by Gasteiger charge is -2.29. The average molecular weight is 332 g/mol. The van der Waals surface area contributed by atoms with Gasteiger partial charge in [-0.2, -0.15) is 0 Å². The van der Waals surface area contributed by atoms with Crippen molar-refractivity contribution in [1.82, 2.24) is 4.90 Å². The smallest absolute Gasteiger partial charge is 0.293 e. The molecule has 2 heterocycles. The summed E-state index contributed by atoms with van der Waals surface area (Å²) in [5.74, 6) is 0.457. The van der Waals surface area contributed by atoms with Crippen molar-refractivity contribution < 1.29 is 14.3 Å². The first-order chi connectivity index (χ1) is 11.1. The lowest BCUT2D eigenvalue weighted by Crippen LogP contribution is -2.29. The first kappa shape index (κ1) is 15.9. The van der Waals surface area contributed by atoms with Crippen LogP contribution in [-0.4, -0.2) is 43.3 Å². The van der Waals surface area contributed by atoms with Crippen molar-refractivity contribution in [3.05, 3.63) is 28.7 Å². The third-order valence-electron chi connectivity index (χ3n) is 4.21. The number of piperidine rings is 1. The third kappa shape index (κ3) is 3.22. The van der Waals surface area contributed by atoms with Gasteiger partial charge in [0.15, 0.2) is 0 Å². The second-order valence-corrected chi connectivity index (χ2v) is 6.71. The predicted octanol–water partition coefficient (Wildman–Crippen LogP) is 3.35. The van der Waals surface area contributed by atoms with Gasteiger partial charge in [0.25, 0.3) is 11.1 Å². The molecule has 2 saturated heterocycles. The van der Waals surface area contributed by atoms with E-state index in [1.165, 1.54) is 26.3 Å². The molecular weight excluding hydrogens is 312 g/mol. The standard InChI is InChI=1S/C17H20N2O3S/c1-18-16(20)15(23-17(18)21)10-12-6-7-13(11-14(12)22-2)19-8-4-3-5-9-19/h6-7,10-11H,3-5,8-9H2,1-2H3/b15-10+. The van der Waals surface area contributed by atoms with Crippen LogP contribution in [0.4, 0.5) is 10.5 Å². The minimum absolute atomic E-state index is 0.245. The lowest BCUT2D eigenvalue weighted by atomic mass is 10.1. The molecule has 0 bridgehead atoms. The Bertz CT molecular complexity index is 666. The Labute approximate surface area is 140 Å². The van der Waals surface area contributed by atoms with Crippen LogP contribution in [-0.2, 0) is 4.79 Å². The number of carbonyl (C=O) groups excluding carboxylic acids is 2. The fourth-order valence-corrected chi connectivity index (χ4v) is 3.67. The number of amides is 2. The second-order valence-electron chi connectivity index (χ2n) is 5.71. The van der Waals surface area contributed by atoms with Crippen molar-refractivity contribution in [2.24, 2.45) is 0 Å². The molecule has 0 atom stereocenters. The number of carbonyl (C=O) groups is 2. The first-order valence-corrected chi connectivity index (χ1v) is 8.56. The Morgan fingerprint density at radius 3 is 2.52 bits per heavy atom. The highest BCUT2D eigenvalue weighted by molar-refractivity contribution is 8.18. The zero-order chi connectivity index (χ0) is 16.4. The van der Waals surface area contributed by atoms with Gasteiger partial charge in [-0.3, -0.25) is 14.5 Å². The molecule has 0 saturated carbocycles. The van der Waals surface area contributed by atoms with Crippen molar-refractivity contribution in [2.75, 3.05) is 32.1 Å². The van der Waals surface area contributed by atoms with E-state index in [1.807, 2.05) is 12.1 Å². The van der Waals surface area contributed by atoms with Crippen molar-refractivity contribution in [2.45, 2.75) is 19.3 Å². The van der Waals surface area contributed by atoms with Gasteiger partial charge in [-0.15, -0.1) is 0 Å². The number of likely N-dealkylation sites (N-methyl/N-ethyl adjacent to an activating group) is 1. The summed E-state index contributed by atoms with van der Waals surface area (Å²) in [5.41, 5.74) is 1.95. The van der Waals surface area contributed by atoms with Crippen LogP contribution in [0.15, 0.2) is 23.1 Å². The van der Waals surface area contributed by atoms with Crippen LogP contribution >= 0.6 is 11.8 Å². The van der Waals surface area contributed by atoms with Gasteiger partial charge in [0, 0.05) is 37.5 Å². The highest BCUT2D eigenvalue weighted by Gasteiger charge is 2.32. The first-order valence-electron chi connectivity index (χ1n) is 7.74. The summed E-state index contributed by atoms with van der Waals surface area (Å²) >= 11 is 0.961. The summed E-state index contributed by atoms with van der Waals surface area (Å²) < 4.78 is 5.49. The second kappa shape index (κ2) is 6.66. The summed E-state index contributed by atoms with van der Waals surface area (Å²) in [7, 11) is 3.12. The molecule has 5 nitrogen and oxygen atoms in total. The van der Waals surface area contributed by atoms with Crippen LogP contribution < -0.4 is 9.64 Å². The van der Waals surface area contributed by atoms with Gasteiger partial charge in [0.1, 0.15) is 5.75 Å². The number of imide groups is 1. The minimum atomic E-state index is -0.262. The number of benzene rings is 1. The normalized spacial score (nSPS) is 20.5. The molecule has 0 unspecified atom stereocenters. The lowest BCUT2D eigenvalue weighted by molar-refractivity contribution is -0.121. The summed E-state index contributed by atoms with van der Waals surface area (Å²) in [6.45, 7) is 2.13. The summed E-state index contributed by atoms with van der Waals surface area (Å²) in [6.07, 6.45) is 5.45. The monoisotopic (exact) mass is 332 g/mol. The van der Waals surface area contributed by atoms with Gasteiger partial charge >= 0.3 is 0 Å². The van der Waals surface area contributed by atoms with Crippen LogP contribution in [0.1, 0.15) is 24.8 Å². The topological polar surface area (TPSA) is 49.9 Å². The molecule has 0 N–H and O–H groups in total. The number of nitrogens with zero attached hydrogens (tertiary/aromatic N) is 2. The summed E-state index contributed by atoms with van der Waals surface area (Å²) in [5, 5.41) is -0.245. The molecule has 2 amide bonds. The number of ether oxygens (including phenoxy) is 1. The molecule has 2 aliphatic rings. The van der Waals surface area contributed by atoms with E-state index in [1.54, 1.807) is 13.2 Å². The fourth-order valence-electron chi connectivity index (χ4n) is 2.85. The van der Waals surface area contributed by atoms with Crippen molar-refractivity contribution in [3.63, 3.8) is 0 Å². The highest BCUT2D eigenvalue weighted by Crippen LogP contribution is 2.34. The number of methoxy groups -OCH3 is 1. The van der Waals surface area contributed by atoms with E-state index >= 15 is 0 Å². The summed E-state index contributed by atoms with van der Waals surface area (Å²) in [6, 6.07) is 6.01. The van der Waals surface area contributed by atoms with Gasteiger partial charge in [0.05, 0.1) is 12.0 Å². The van der Waals surface area contributed by atoms with E-state index in [-0.39, 0.29) is 11.1 Å².